The lowest BCUT2D eigenvalue weighted by atomic mass is 10.2. The van der Waals surface area contributed by atoms with E-state index in [0.29, 0.717) is 19.1 Å². The third-order valence-corrected chi connectivity index (χ3v) is 3.49. The van der Waals surface area contributed by atoms with Crippen LogP contribution in [0, 0.1) is 0 Å². The van der Waals surface area contributed by atoms with Crippen LogP contribution in [0.5, 0.6) is 0 Å². The van der Waals surface area contributed by atoms with Gasteiger partial charge in [-0.2, -0.15) is 0 Å². The van der Waals surface area contributed by atoms with Crippen molar-refractivity contribution in [1.29, 1.82) is 0 Å². The van der Waals surface area contributed by atoms with Crippen LogP contribution >= 0.6 is 0 Å². The zero-order valence-corrected chi connectivity index (χ0v) is 11.6. The molecule has 1 rings (SSSR count). The first kappa shape index (κ1) is 15.0. The third kappa shape index (κ3) is 4.29. The molecule has 0 spiro atoms. The Morgan fingerprint density at radius 3 is 2.28 bits per heavy atom. The molecule has 104 valence electrons. The lowest BCUT2D eigenvalue weighted by Gasteiger charge is -2.29. The first-order valence-corrected chi connectivity index (χ1v) is 6.74. The molecule has 1 aliphatic carbocycles. The number of carboxylic acid groups (broad SMARTS) is 1. The predicted molar refractivity (Wildman–Crippen MR) is 69.4 cm³/mol. The van der Waals surface area contributed by atoms with Crippen molar-refractivity contribution in [3.63, 3.8) is 0 Å². The number of amides is 1. The molecule has 0 radical (unpaired) electrons. The summed E-state index contributed by atoms with van der Waals surface area (Å²) in [6, 6.07) is 0.324. The highest BCUT2D eigenvalue weighted by molar-refractivity contribution is 5.79. The van der Waals surface area contributed by atoms with Crippen molar-refractivity contribution in [1.82, 2.24) is 9.80 Å². The molecule has 1 N–H and O–H groups in total. The SMILES string of the molecule is CCN(CC(=O)N(CC)C1CC1)C(C)CC(=O)O. The summed E-state index contributed by atoms with van der Waals surface area (Å²) in [4.78, 5) is 26.7. The summed E-state index contributed by atoms with van der Waals surface area (Å²) in [7, 11) is 0. The van der Waals surface area contributed by atoms with E-state index in [2.05, 4.69) is 0 Å². The first-order valence-electron chi connectivity index (χ1n) is 6.74. The second kappa shape index (κ2) is 6.73. The molecule has 18 heavy (non-hydrogen) atoms. The van der Waals surface area contributed by atoms with Crippen LogP contribution in [-0.2, 0) is 9.59 Å². The lowest BCUT2D eigenvalue weighted by Crippen LogP contribution is -2.45. The van der Waals surface area contributed by atoms with E-state index in [0.717, 1.165) is 19.4 Å². The van der Waals surface area contributed by atoms with E-state index in [-0.39, 0.29) is 18.4 Å². The Morgan fingerprint density at radius 1 is 1.28 bits per heavy atom. The maximum Gasteiger partial charge on any atom is 0.304 e. The van der Waals surface area contributed by atoms with Gasteiger partial charge in [0.1, 0.15) is 0 Å². The molecule has 1 atom stereocenters. The van der Waals surface area contributed by atoms with Crippen LogP contribution in [0.1, 0.15) is 40.0 Å². The van der Waals surface area contributed by atoms with Gasteiger partial charge in [0.25, 0.3) is 0 Å². The highest BCUT2D eigenvalue weighted by Gasteiger charge is 2.32. The molecular formula is C13H24N2O3. The topological polar surface area (TPSA) is 60.9 Å². The summed E-state index contributed by atoms with van der Waals surface area (Å²) >= 11 is 0. The van der Waals surface area contributed by atoms with Gasteiger partial charge in [0.05, 0.1) is 13.0 Å². The van der Waals surface area contributed by atoms with Crippen molar-refractivity contribution in [2.75, 3.05) is 19.6 Å². The van der Waals surface area contributed by atoms with E-state index in [4.69, 9.17) is 5.11 Å². The average Bonchev–Trinajstić information content (AvgIpc) is 3.10. The van der Waals surface area contributed by atoms with Crippen LogP contribution in [0.15, 0.2) is 0 Å². The van der Waals surface area contributed by atoms with Gasteiger partial charge in [0.2, 0.25) is 5.91 Å². The van der Waals surface area contributed by atoms with E-state index in [1.165, 1.54) is 0 Å². The predicted octanol–water partition coefficient (Wildman–Crippen LogP) is 1.18. The Labute approximate surface area is 109 Å². The van der Waals surface area contributed by atoms with Gasteiger partial charge in [-0.05, 0) is 33.2 Å². The van der Waals surface area contributed by atoms with E-state index in [9.17, 15) is 9.59 Å². The molecule has 1 aliphatic rings. The van der Waals surface area contributed by atoms with E-state index < -0.39 is 5.97 Å². The monoisotopic (exact) mass is 256 g/mol. The quantitative estimate of drug-likeness (QED) is 0.708. The number of aliphatic carboxylic acids is 1. The molecule has 0 aromatic rings. The first-order chi connectivity index (χ1) is 8.49. The maximum atomic E-state index is 12.2. The smallest absolute Gasteiger partial charge is 0.304 e. The fraction of sp³-hybridized carbons (Fsp3) is 0.846. The number of rotatable bonds is 8. The van der Waals surface area contributed by atoms with Crippen LogP contribution in [0.4, 0.5) is 0 Å². The molecule has 1 saturated carbocycles. The van der Waals surface area contributed by atoms with Crippen molar-refractivity contribution in [2.24, 2.45) is 0 Å². The molecule has 0 aromatic heterocycles. The molecule has 0 bridgehead atoms. The summed E-state index contributed by atoms with van der Waals surface area (Å²) in [6.45, 7) is 7.58. The van der Waals surface area contributed by atoms with Crippen molar-refractivity contribution in [3.05, 3.63) is 0 Å². The van der Waals surface area contributed by atoms with Crippen LogP contribution in [0.3, 0.4) is 0 Å². The minimum atomic E-state index is -0.817. The van der Waals surface area contributed by atoms with Gasteiger partial charge in [-0.1, -0.05) is 6.92 Å². The Balaban J connectivity index is 2.50. The standard InChI is InChI=1S/C13H24N2O3/c1-4-14(10(3)8-13(17)18)9-12(16)15(5-2)11-6-7-11/h10-11H,4-9H2,1-3H3,(H,17,18). The minimum Gasteiger partial charge on any atom is -0.481 e. The second-order valence-electron chi connectivity index (χ2n) is 4.92. The van der Waals surface area contributed by atoms with Crippen LogP contribution < -0.4 is 0 Å². The van der Waals surface area contributed by atoms with Crippen LogP contribution in [0.25, 0.3) is 0 Å². The van der Waals surface area contributed by atoms with Crippen molar-refractivity contribution < 1.29 is 14.7 Å². The Hall–Kier alpha value is -1.10. The minimum absolute atomic E-state index is 0.0800. The van der Waals surface area contributed by atoms with Gasteiger partial charge in [0, 0.05) is 18.6 Å². The van der Waals surface area contributed by atoms with Gasteiger partial charge in [0.15, 0.2) is 0 Å². The largest absolute Gasteiger partial charge is 0.481 e. The number of carboxylic acids is 1. The van der Waals surface area contributed by atoms with Crippen LogP contribution in [0.2, 0.25) is 0 Å². The Bertz CT molecular complexity index is 303. The third-order valence-electron chi connectivity index (χ3n) is 3.49. The summed E-state index contributed by atoms with van der Waals surface area (Å²) in [5.41, 5.74) is 0. The van der Waals surface area contributed by atoms with E-state index >= 15 is 0 Å². The molecule has 0 aromatic carbocycles. The molecule has 0 aliphatic heterocycles. The van der Waals surface area contributed by atoms with Gasteiger partial charge in [-0.25, -0.2) is 0 Å². The van der Waals surface area contributed by atoms with Crippen molar-refractivity contribution in [3.8, 4) is 0 Å². The summed E-state index contributed by atoms with van der Waals surface area (Å²) < 4.78 is 0. The van der Waals surface area contributed by atoms with E-state index in [1.807, 2.05) is 30.6 Å². The van der Waals surface area contributed by atoms with Gasteiger partial charge < -0.3 is 10.0 Å². The summed E-state index contributed by atoms with van der Waals surface area (Å²) in [5.74, 6) is -0.693. The normalized spacial score (nSPS) is 16.7. The summed E-state index contributed by atoms with van der Waals surface area (Å²) in [5, 5.41) is 8.79. The fourth-order valence-electron chi connectivity index (χ4n) is 2.25. The van der Waals surface area contributed by atoms with Crippen molar-refractivity contribution in [2.45, 2.75) is 52.1 Å². The number of likely N-dealkylation sites (N-methyl/N-ethyl adjacent to an activating group) is 2. The molecular weight excluding hydrogens is 232 g/mol. The fourth-order valence-corrected chi connectivity index (χ4v) is 2.25. The molecule has 5 heteroatoms. The summed E-state index contributed by atoms with van der Waals surface area (Å²) in [6.07, 6.45) is 2.30. The molecule has 0 heterocycles. The number of hydrogen-bond donors (Lipinski definition) is 1. The number of carbonyl (C=O) groups excluding carboxylic acids is 1. The highest BCUT2D eigenvalue weighted by Crippen LogP contribution is 2.26. The molecule has 1 fully saturated rings. The number of carbonyl (C=O) groups is 2. The van der Waals surface area contributed by atoms with E-state index in [1.54, 1.807) is 0 Å². The highest BCUT2D eigenvalue weighted by atomic mass is 16.4. The zero-order chi connectivity index (χ0) is 13.7. The van der Waals surface area contributed by atoms with Crippen molar-refractivity contribution >= 4 is 11.9 Å². The molecule has 5 nitrogen and oxygen atoms in total. The van der Waals surface area contributed by atoms with Gasteiger partial charge >= 0.3 is 5.97 Å². The van der Waals surface area contributed by atoms with Crippen LogP contribution in [-0.4, -0.2) is 58.5 Å². The number of nitrogens with zero attached hydrogens (tertiary/aromatic N) is 2. The zero-order valence-electron chi connectivity index (χ0n) is 11.6. The van der Waals surface area contributed by atoms with Gasteiger partial charge in [-0.3, -0.25) is 14.5 Å². The second-order valence-corrected chi connectivity index (χ2v) is 4.92. The Kier molecular flexibility index (Phi) is 5.59. The lowest BCUT2D eigenvalue weighted by molar-refractivity contribution is -0.140. The molecule has 1 unspecified atom stereocenters. The van der Waals surface area contributed by atoms with Gasteiger partial charge in [-0.15, -0.1) is 0 Å². The average molecular weight is 256 g/mol. The molecule has 0 saturated heterocycles. The number of hydrogen-bond acceptors (Lipinski definition) is 3. The maximum absolute atomic E-state index is 12.2. The Morgan fingerprint density at radius 2 is 1.89 bits per heavy atom. The molecule has 1 amide bonds.